The summed E-state index contributed by atoms with van der Waals surface area (Å²) in [4.78, 5) is 25.4. The van der Waals surface area contributed by atoms with E-state index < -0.39 is 29.8 Å². The lowest BCUT2D eigenvalue weighted by Crippen LogP contribution is -2.30. The van der Waals surface area contributed by atoms with Crippen LogP contribution in [0.25, 0.3) is 22.0 Å². The first-order valence-electron chi connectivity index (χ1n) is 9.45. The molecule has 1 aromatic heterocycles. The maximum Gasteiger partial charge on any atom is 0.416 e. The number of rotatable bonds is 4. The zero-order valence-electron chi connectivity index (χ0n) is 16.4. The van der Waals surface area contributed by atoms with Crippen molar-refractivity contribution in [2.75, 3.05) is 5.32 Å². The molecule has 0 saturated heterocycles. The number of nitrogens with zero attached hydrogens (tertiary/aromatic N) is 2. The Morgan fingerprint density at radius 3 is 2.34 bits per heavy atom. The number of anilines is 1. The third-order valence-corrected chi connectivity index (χ3v) is 5.00. The quantitative estimate of drug-likeness (QED) is 0.448. The molecule has 0 bridgehead atoms. The van der Waals surface area contributed by atoms with Gasteiger partial charge in [0.2, 0.25) is 5.91 Å². The molecule has 162 valence electrons. The van der Waals surface area contributed by atoms with Crippen molar-refractivity contribution in [3.63, 3.8) is 0 Å². The van der Waals surface area contributed by atoms with E-state index in [2.05, 4.69) is 10.4 Å². The molecular formula is C23H15ClF3N3O2. The summed E-state index contributed by atoms with van der Waals surface area (Å²) in [7, 11) is 0. The molecule has 0 aliphatic rings. The Balaban J connectivity index is 1.69. The number of nitrogens with one attached hydrogen (secondary N) is 1. The van der Waals surface area contributed by atoms with Crippen molar-refractivity contribution in [3.8, 4) is 11.3 Å². The van der Waals surface area contributed by atoms with E-state index in [1.807, 2.05) is 0 Å². The monoisotopic (exact) mass is 457 g/mol. The normalized spacial score (nSPS) is 11.5. The molecule has 1 amide bonds. The van der Waals surface area contributed by atoms with Crippen molar-refractivity contribution in [2.24, 2.45) is 0 Å². The molecule has 0 saturated carbocycles. The summed E-state index contributed by atoms with van der Waals surface area (Å²) in [6.45, 7) is -0.472. The Bertz CT molecular complexity index is 1370. The van der Waals surface area contributed by atoms with Gasteiger partial charge in [-0.15, -0.1) is 0 Å². The Hall–Kier alpha value is -3.65. The molecule has 5 nitrogen and oxygen atoms in total. The van der Waals surface area contributed by atoms with Crippen LogP contribution in [0.2, 0.25) is 5.02 Å². The molecule has 0 aliphatic carbocycles. The summed E-state index contributed by atoms with van der Waals surface area (Å²) in [5.74, 6) is -0.684. The van der Waals surface area contributed by atoms with Gasteiger partial charge in [-0.25, -0.2) is 4.68 Å². The number of benzene rings is 3. The maximum atomic E-state index is 12.9. The Kier molecular flexibility index (Phi) is 5.71. The first kappa shape index (κ1) is 21.6. The van der Waals surface area contributed by atoms with Gasteiger partial charge in [-0.3, -0.25) is 9.59 Å². The summed E-state index contributed by atoms with van der Waals surface area (Å²) in [5, 5.41) is 8.25. The van der Waals surface area contributed by atoms with Gasteiger partial charge in [0.15, 0.2) is 0 Å². The Labute approximate surface area is 185 Å². The van der Waals surface area contributed by atoms with E-state index in [-0.39, 0.29) is 5.69 Å². The van der Waals surface area contributed by atoms with Gasteiger partial charge in [0.05, 0.1) is 16.6 Å². The number of amides is 1. The average molecular weight is 458 g/mol. The number of hydrogen-bond acceptors (Lipinski definition) is 3. The first-order chi connectivity index (χ1) is 15.2. The summed E-state index contributed by atoms with van der Waals surface area (Å²) in [5.41, 5.74) is -0.239. The van der Waals surface area contributed by atoms with Crippen LogP contribution in [0.15, 0.2) is 77.6 Å². The van der Waals surface area contributed by atoms with Crippen LogP contribution >= 0.6 is 11.6 Å². The topological polar surface area (TPSA) is 64.0 Å². The molecule has 1 heterocycles. The van der Waals surface area contributed by atoms with Crippen LogP contribution in [0.3, 0.4) is 0 Å². The zero-order valence-corrected chi connectivity index (χ0v) is 17.1. The fourth-order valence-corrected chi connectivity index (χ4v) is 3.40. The number of aromatic nitrogens is 2. The van der Waals surface area contributed by atoms with Gasteiger partial charge in [0.25, 0.3) is 5.56 Å². The van der Waals surface area contributed by atoms with E-state index in [0.29, 0.717) is 27.1 Å². The van der Waals surface area contributed by atoms with E-state index in [1.54, 1.807) is 48.5 Å². The molecule has 0 unspecified atom stereocenters. The highest BCUT2D eigenvalue weighted by molar-refractivity contribution is 6.30. The number of halogens is 4. The smallest absolute Gasteiger partial charge is 0.324 e. The second-order valence-corrected chi connectivity index (χ2v) is 7.43. The van der Waals surface area contributed by atoms with Gasteiger partial charge < -0.3 is 5.32 Å². The van der Waals surface area contributed by atoms with E-state index in [0.717, 1.165) is 16.8 Å². The fraction of sp³-hybridized carbons (Fsp3) is 0.0870. The van der Waals surface area contributed by atoms with Gasteiger partial charge in [-0.1, -0.05) is 48.0 Å². The lowest BCUT2D eigenvalue weighted by molar-refractivity contribution is -0.137. The second kappa shape index (κ2) is 8.47. The van der Waals surface area contributed by atoms with Crippen LogP contribution in [0.5, 0.6) is 0 Å². The molecule has 1 N–H and O–H groups in total. The molecule has 32 heavy (non-hydrogen) atoms. The standard InChI is InChI=1S/C23H15ClF3N3O2/c24-16-10-8-14(9-11-16)21-18-6-1-2-7-19(18)22(32)30(29-21)13-20(31)28-17-5-3-4-15(12-17)23(25,26)27/h1-12H,13H2,(H,28,31). The molecule has 4 aromatic rings. The number of fused-ring (bicyclic) bond motifs is 1. The molecule has 4 rings (SSSR count). The molecule has 3 aromatic carbocycles. The molecule has 0 aliphatic heterocycles. The summed E-state index contributed by atoms with van der Waals surface area (Å²) >= 11 is 5.96. The SMILES string of the molecule is O=C(Cn1nc(-c2ccc(Cl)cc2)c2ccccc2c1=O)Nc1cccc(C(F)(F)F)c1. The molecule has 9 heteroatoms. The predicted octanol–water partition coefficient (Wildman–Crippen LogP) is 5.37. The van der Waals surface area contributed by atoms with E-state index in [9.17, 15) is 22.8 Å². The summed E-state index contributed by atoms with van der Waals surface area (Å²) < 4.78 is 39.7. The van der Waals surface area contributed by atoms with Crippen LogP contribution < -0.4 is 10.9 Å². The average Bonchev–Trinajstić information content (AvgIpc) is 2.76. The highest BCUT2D eigenvalue weighted by Crippen LogP contribution is 2.30. The van der Waals surface area contributed by atoms with Crippen LogP contribution in [-0.4, -0.2) is 15.7 Å². The molecule has 0 atom stereocenters. The summed E-state index contributed by atoms with van der Waals surface area (Å²) in [6, 6.07) is 18.0. The fourth-order valence-electron chi connectivity index (χ4n) is 3.27. The van der Waals surface area contributed by atoms with Crippen LogP contribution in [0.4, 0.5) is 18.9 Å². The highest BCUT2D eigenvalue weighted by Gasteiger charge is 2.30. The second-order valence-electron chi connectivity index (χ2n) is 6.99. The molecule has 0 fully saturated rings. The lowest BCUT2D eigenvalue weighted by Gasteiger charge is -2.12. The first-order valence-corrected chi connectivity index (χ1v) is 9.83. The van der Waals surface area contributed by atoms with Gasteiger partial charge in [-0.2, -0.15) is 18.3 Å². The van der Waals surface area contributed by atoms with Crippen LogP contribution in [0, 0.1) is 0 Å². The van der Waals surface area contributed by atoms with Crippen molar-refractivity contribution in [1.82, 2.24) is 9.78 Å². The van der Waals surface area contributed by atoms with Crippen molar-refractivity contribution in [2.45, 2.75) is 12.7 Å². The number of carbonyl (C=O) groups excluding carboxylic acids is 1. The molecular weight excluding hydrogens is 443 g/mol. The maximum absolute atomic E-state index is 12.9. The molecule has 0 spiro atoms. The van der Waals surface area contributed by atoms with Crippen molar-refractivity contribution >= 4 is 34.0 Å². The predicted molar refractivity (Wildman–Crippen MR) is 117 cm³/mol. The third kappa shape index (κ3) is 4.50. The number of hydrogen-bond donors (Lipinski definition) is 1. The van der Waals surface area contributed by atoms with Crippen molar-refractivity contribution in [1.29, 1.82) is 0 Å². The lowest BCUT2D eigenvalue weighted by atomic mass is 10.1. The third-order valence-electron chi connectivity index (χ3n) is 4.75. The van der Waals surface area contributed by atoms with E-state index in [4.69, 9.17) is 11.6 Å². The number of alkyl halides is 3. The van der Waals surface area contributed by atoms with Crippen molar-refractivity contribution in [3.05, 3.63) is 93.7 Å². The van der Waals surface area contributed by atoms with Crippen LogP contribution in [-0.2, 0) is 17.5 Å². The summed E-state index contributed by atoms with van der Waals surface area (Å²) in [6.07, 6.45) is -4.54. The van der Waals surface area contributed by atoms with E-state index in [1.165, 1.54) is 12.1 Å². The van der Waals surface area contributed by atoms with Gasteiger partial charge >= 0.3 is 6.18 Å². The van der Waals surface area contributed by atoms with Gasteiger partial charge in [0.1, 0.15) is 6.54 Å². The van der Waals surface area contributed by atoms with Gasteiger partial charge in [0, 0.05) is 21.7 Å². The minimum atomic E-state index is -4.54. The van der Waals surface area contributed by atoms with Gasteiger partial charge in [-0.05, 0) is 36.4 Å². The molecule has 0 radical (unpaired) electrons. The Morgan fingerprint density at radius 2 is 1.66 bits per heavy atom. The minimum Gasteiger partial charge on any atom is -0.324 e. The largest absolute Gasteiger partial charge is 0.416 e. The van der Waals surface area contributed by atoms with E-state index >= 15 is 0 Å². The van der Waals surface area contributed by atoms with Crippen molar-refractivity contribution < 1.29 is 18.0 Å². The number of carbonyl (C=O) groups is 1. The van der Waals surface area contributed by atoms with Crippen LogP contribution in [0.1, 0.15) is 5.56 Å². The minimum absolute atomic E-state index is 0.0309. The highest BCUT2D eigenvalue weighted by atomic mass is 35.5. The zero-order chi connectivity index (χ0) is 22.9. The Morgan fingerprint density at radius 1 is 0.969 bits per heavy atom.